The third-order valence-electron chi connectivity index (χ3n) is 5.59. The number of rotatable bonds is 6. The SMILES string of the molecule is CC(=O)c1ccc2c(c1)ncn2-c1cccc(C(=O)OCCN2CC(C)NC(C)C2)c1. The van der Waals surface area contributed by atoms with E-state index in [4.69, 9.17) is 4.74 Å². The van der Waals surface area contributed by atoms with Gasteiger partial charge in [0.25, 0.3) is 0 Å². The number of fused-ring (bicyclic) bond motifs is 1. The summed E-state index contributed by atoms with van der Waals surface area (Å²) in [5.74, 6) is -0.327. The molecule has 2 aromatic carbocycles. The van der Waals surface area contributed by atoms with Gasteiger partial charge in [-0.1, -0.05) is 6.07 Å². The average molecular weight is 421 g/mol. The standard InChI is InChI=1S/C24H28N4O3/c1-16-13-27(14-17(2)26-16)9-10-31-24(30)20-5-4-6-21(11-20)28-15-25-22-12-19(18(3)29)7-8-23(22)28/h4-8,11-12,15-17,26H,9-10,13-14H2,1-3H3. The van der Waals surface area contributed by atoms with Crippen molar-refractivity contribution in [3.05, 3.63) is 59.9 Å². The number of nitrogens with one attached hydrogen (secondary N) is 1. The molecule has 162 valence electrons. The van der Waals surface area contributed by atoms with Crippen molar-refractivity contribution >= 4 is 22.8 Å². The molecule has 0 amide bonds. The first kappa shape index (κ1) is 21.2. The number of carbonyl (C=O) groups excluding carboxylic acids is 2. The number of nitrogens with zero attached hydrogens (tertiary/aromatic N) is 3. The minimum absolute atomic E-state index is 0.00549. The van der Waals surface area contributed by atoms with E-state index in [-0.39, 0.29) is 11.8 Å². The Bertz CT molecular complexity index is 1100. The van der Waals surface area contributed by atoms with Crippen molar-refractivity contribution in [2.24, 2.45) is 0 Å². The lowest BCUT2D eigenvalue weighted by atomic mass is 10.1. The van der Waals surface area contributed by atoms with Gasteiger partial charge < -0.3 is 10.1 Å². The van der Waals surface area contributed by atoms with E-state index in [1.165, 1.54) is 6.92 Å². The summed E-state index contributed by atoms with van der Waals surface area (Å²) in [6.07, 6.45) is 1.70. The third kappa shape index (κ3) is 4.84. The number of aromatic nitrogens is 2. The summed E-state index contributed by atoms with van der Waals surface area (Å²) in [6, 6.07) is 13.6. The molecular formula is C24H28N4O3. The highest BCUT2D eigenvalue weighted by molar-refractivity contribution is 5.97. The Morgan fingerprint density at radius 2 is 1.87 bits per heavy atom. The summed E-state index contributed by atoms with van der Waals surface area (Å²) in [4.78, 5) is 30.9. The Hall–Kier alpha value is -3.03. The number of piperazine rings is 1. The first-order valence-corrected chi connectivity index (χ1v) is 10.6. The lowest BCUT2D eigenvalue weighted by molar-refractivity contribution is 0.0436. The molecule has 2 atom stereocenters. The number of imidazole rings is 1. The fourth-order valence-corrected chi connectivity index (χ4v) is 4.19. The predicted molar refractivity (Wildman–Crippen MR) is 120 cm³/mol. The van der Waals surface area contributed by atoms with Crippen molar-refractivity contribution in [3.63, 3.8) is 0 Å². The van der Waals surface area contributed by atoms with Gasteiger partial charge in [0.05, 0.1) is 16.6 Å². The molecule has 1 aliphatic heterocycles. The van der Waals surface area contributed by atoms with E-state index >= 15 is 0 Å². The monoisotopic (exact) mass is 420 g/mol. The predicted octanol–water partition coefficient (Wildman–Crippen LogP) is 3.07. The summed E-state index contributed by atoms with van der Waals surface area (Å²) in [7, 11) is 0. The number of Topliss-reactive ketones (excluding diaryl/α,β-unsaturated/α-hetero) is 1. The zero-order valence-corrected chi connectivity index (χ0v) is 18.2. The van der Waals surface area contributed by atoms with Crippen molar-refractivity contribution in [1.82, 2.24) is 19.8 Å². The molecule has 1 fully saturated rings. The van der Waals surface area contributed by atoms with Gasteiger partial charge in [0.15, 0.2) is 5.78 Å². The van der Waals surface area contributed by atoms with Crippen LogP contribution >= 0.6 is 0 Å². The van der Waals surface area contributed by atoms with Crippen LogP contribution in [0.4, 0.5) is 0 Å². The van der Waals surface area contributed by atoms with Gasteiger partial charge in [0.1, 0.15) is 12.9 Å². The largest absolute Gasteiger partial charge is 0.461 e. The van der Waals surface area contributed by atoms with E-state index in [1.54, 1.807) is 30.6 Å². The zero-order valence-electron chi connectivity index (χ0n) is 18.2. The number of hydrogen-bond acceptors (Lipinski definition) is 6. The Labute approximate surface area is 182 Å². The van der Waals surface area contributed by atoms with Crippen LogP contribution in [0.1, 0.15) is 41.5 Å². The minimum atomic E-state index is -0.332. The van der Waals surface area contributed by atoms with Gasteiger partial charge >= 0.3 is 5.97 Å². The molecule has 7 nitrogen and oxygen atoms in total. The Balaban J connectivity index is 1.44. The number of carbonyl (C=O) groups is 2. The van der Waals surface area contributed by atoms with Gasteiger partial charge in [-0.2, -0.15) is 0 Å². The molecule has 4 rings (SSSR count). The molecule has 1 N–H and O–H groups in total. The third-order valence-corrected chi connectivity index (χ3v) is 5.59. The summed E-state index contributed by atoms with van der Waals surface area (Å²) in [5.41, 5.74) is 3.56. The van der Waals surface area contributed by atoms with Crippen LogP contribution in [0.2, 0.25) is 0 Å². The molecule has 1 saturated heterocycles. The molecule has 31 heavy (non-hydrogen) atoms. The molecule has 3 aromatic rings. The fraction of sp³-hybridized carbons (Fsp3) is 0.375. The van der Waals surface area contributed by atoms with Crippen LogP contribution in [0, 0.1) is 0 Å². The van der Waals surface area contributed by atoms with Crippen molar-refractivity contribution in [1.29, 1.82) is 0 Å². The Morgan fingerprint density at radius 1 is 1.10 bits per heavy atom. The normalized spacial score (nSPS) is 19.5. The zero-order chi connectivity index (χ0) is 22.0. The number of ether oxygens (including phenoxy) is 1. The van der Waals surface area contributed by atoms with E-state index in [2.05, 4.69) is 29.0 Å². The van der Waals surface area contributed by atoms with E-state index in [9.17, 15) is 9.59 Å². The first-order valence-electron chi connectivity index (χ1n) is 10.6. The van der Waals surface area contributed by atoms with Gasteiger partial charge in [0, 0.05) is 43.0 Å². The highest BCUT2D eigenvalue weighted by atomic mass is 16.5. The molecule has 1 aromatic heterocycles. The number of esters is 1. The highest BCUT2D eigenvalue weighted by Gasteiger charge is 2.21. The van der Waals surface area contributed by atoms with Crippen molar-refractivity contribution < 1.29 is 14.3 Å². The van der Waals surface area contributed by atoms with E-state index in [1.807, 2.05) is 22.8 Å². The van der Waals surface area contributed by atoms with Crippen molar-refractivity contribution in [3.8, 4) is 5.69 Å². The van der Waals surface area contributed by atoms with Crippen molar-refractivity contribution in [2.75, 3.05) is 26.2 Å². The molecule has 0 bridgehead atoms. The summed E-state index contributed by atoms with van der Waals surface area (Å²) >= 11 is 0. The van der Waals surface area contributed by atoms with Gasteiger partial charge in [-0.25, -0.2) is 9.78 Å². The minimum Gasteiger partial charge on any atom is -0.461 e. The van der Waals surface area contributed by atoms with Crippen LogP contribution in [-0.2, 0) is 4.74 Å². The lowest BCUT2D eigenvalue weighted by Gasteiger charge is -2.35. The van der Waals surface area contributed by atoms with Gasteiger partial charge in [-0.15, -0.1) is 0 Å². The number of ketones is 1. The topological polar surface area (TPSA) is 76.5 Å². The van der Waals surface area contributed by atoms with Crippen LogP contribution < -0.4 is 5.32 Å². The van der Waals surface area contributed by atoms with E-state index < -0.39 is 0 Å². The highest BCUT2D eigenvalue weighted by Crippen LogP contribution is 2.21. The average Bonchev–Trinajstić information content (AvgIpc) is 3.16. The lowest BCUT2D eigenvalue weighted by Crippen LogP contribution is -2.54. The molecule has 1 aliphatic rings. The Kier molecular flexibility index (Phi) is 6.15. The fourth-order valence-electron chi connectivity index (χ4n) is 4.19. The quantitative estimate of drug-likeness (QED) is 0.488. The van der Waals surface area contributed by atoms with Gasteiger partial charge in [-0.05, 0) is 57.2 Å². The second-order valence-electron chi connectivity index (χ2n) is 8.29. The summed E-state index contributed by atoms with van der Waals surface area (Å²) in [6.45, 7) is 8.88. The molecule has 0 radical (unpaired) electrons. The number of benzene rings is 2. The van der Waals surface area contributed by atoms with Crippen molar-refractivity contribution in [2.45, 2.75) is 32.9 Å². The molecule has 2 unspecified atom stereocenters. The van der Waals surface area contributed by atoms with Crippen LogP contribution in [0.5, 0.6) is 0 Å². The Morgan fingerprint density at radius 3 is 2.61 bits per heavy atom. The molecule has 0 aliphatic carbocycles. The van der Waals surface area contributed by atoms with E-state index in [0.29, 0.717) is 29.8 Å². The second kappa shape index (κ2) is 8.99. The maximum absolute atomic E-state index is 12.6. The molecular weight excluding hydrogens is 392 g/mol. The van der Waals surface area contributed by atoms with E-state index in [0.717, 1.165) is 36.4 Å². The van der Waals surface area contributed by atoms with Crippen LogP contribution in [0.15, 0.2) is 48.8 Å². The molecule has 7 heteroatoms. The first-order chi connectivity index (χ1) is 14.9. The summed E-state index contributed by atoms with van der Waals surface area (Å²) in [5, 5.41) is 3.50. The van der Waals surface area contributed by atoms with Gasteiger partial charge in [0.2, 0.25) is 0 Å². The molecule has 0 saturated carbocycles. The molecule has 0 spiro atoms. The van der Waals surface area contributed by atoms with Crippen LogP contribution in [0.3, 0.4) is 0 Å². The van der Waals surface area contributed by atoms with Crippen LogP contribution in [0.25, 0.3) is 16.7 Å². The van der Waals surface area contributed by atoms with Gasteiger partial charge in [-0.3, -0.25) is 14.3 Å². The summed E-state index contributed by atoms with van der Waals surface area (Å²) < 4.78 is 7.44. The van der Waals surface area contributed by atoms with Crippen LogP contribution in [-0.4, -0.2) is 64.5 Å². The maximum atomic E-state index is 12.6. The maximum Gasteiger partial charge on any atom is 0.338 e. The smallest absolute Gasteiger partial charge is 0.338 e. The number of hydrogen-bond donors (Lipinski definition) is 1. The molecule has 2 heterocycles. The second-order valence-corrected chi connectivity index (χ2v) is 8.29.